The molecular formula is C23H32N6O. The number of amides is 1. The molecule has 30 heavy (non-hydrogen) atoms. The summed E-state index contributed by atoms with van der Waals surface area (Å²) in [5.41, 5.74) is 1.12. The minimum Gasteiger partial charge on any atom is -0.352 e. The Hall–Kier alpha value is -2.70. The molecule has 0 radical (unpaired) electrons. The van der Waals surface area contributed by atoms with Crippen molar-refractivity contribution in [3.8, 4) is 0 Å². The lowest BCUT2D eigenvalue weighted by molar-refractivity contribution is -0.131. The van der Waals surface area contributed by atoms with Gasteiger partial charge in [0.25, 0.3) is 0 Å². The molecular weight excluding hydrogens is 376 g/mol. The van der Waals surface area contributed by atoms with Crippen LogP contribution < -0.4 is 10.2 Å². The first-order valence-corrected chi connectivity index (χ1v) is 11.2. The van der Waals surface area contributed by atoms with E-state index >= 15 is 0 Å². The van der Waals surface area contributed by atoms with E-state index in [1.807, 2.05) is 42.3 Å². The highest BCUT2D eigenvalue weighted by Gasteiger charge is 2.23. The van der Waals surface area contributed by atoms with Gasteiger partial charge in [0.05, 0.1) is 0 Å². The fraction of sp³-hybridized carbons (Fsp3) is 0.565. The van der Waals surface area contributed by atoms with Crippen molar-refractivity contribution in [3.63, 3.8) is 0 Å². The average Bonchev–Trinajstić information content (AvgIpc) is 2.80. The van der Waals surface area contributed by atoms with Gasteiger partial charge in [-0.15, -0.1) is 10.2 Å². The Morgan fingerprint density at radius 1 is 1.00 bits per heavy atom. The summed E-state index contributed by atoms with van der Waals surface area (Å²) >= 11 is 0. The van der Waals surface area contributed by atoms with Gasteiger partial charge in [-0.25, -0.2) is 4.98 Å². The molecule has 4 rings (SSSR count). The van der Waals surface area contributed by atoms with E-state index in [0.717, 1.165) is 55.7 Å². The number of nitrogens with zero attached hydrogens (tertiary/aromatic N) is 5. The first-order valence-electron chi connectivity index (χ1n) is 11.2. The van der Waals surface area contributed by atoms with Crippen LogP contribution in [0.2, 0.25) is 0 Å². The number of nitrogens with one attached hydrogen (secondary N) is 1. The van der Waals surface area contributed by atoms with Gasteiger partial charge >= 0.3 is 0 Å². The third kappa shape index (κ3) is 5.46. The van der Waals surface area contributed by atoms with Gasteiger partial charge in [0, 0.05) is 38.8 Å². The summed E-state index contributed by atoms with van der Waals surface area (Å²) in [5, 5.41) is 11.8. The van der Waals surface area contributed by atoms with Crippen LogP contribution in [0, 0.1) is 12.8 Å². The molecule has 7 nitrogen and oxygen atoms in total. The maximum atomic E-state index is 12.6. The van der Waals surface area contributed by atoms with E-state index in [-0.39, 0.29) is 0 Å². The molecule has 7 heteroatoms. The van der Waals surface area contributed by atoms with Crippen LogP contribution in [0.4, 0.5) is 17.5 Å². The van der Waals surface area contributed by atoms with Crippen molar-refractivity contribution in [1.29, 1.82) is 0 Å². The summed E-state index contributed by atoms with van der Waals surface area (Å²) in [6.45, 7) is 5.14. The lowest BCUT2D eigenvalue weighted by Crippen LogP contribution is -2.49. The van der Waals surface area contributed by atoms with Crippen LogP contribution in [0.3, 0.4) is 0 Å². The van der Waals surface area contributed by atoms with Gasteiger partial charge in [-0.1, -0.05) is 38.2 Å². The predicted molar refractivity (Wildman–Crippen MR) is 119 cm³/mol. The lowest BCUT2D eigenvalue weighted by atomic mass is 9.86. The molecule has 0 aromatic carbocycles. The second kappa shape index (κ2) is 9.87. The van der Waals surface area contributed by atoms with Crippen LogP contribution in [-0.4, -0.2) is 52.2 Å². The van der Waals surface area contributed by atoms with Crippen molar-refractivity contribution in [2.24, 2.45) is 5.92 Å². The van der Waals surface area contributed by atoms with E-state index in [2.05, 4.69) is 25.4 Å². The van der Waals surface area contributed by atoms with Crippen molar-refractivity contribution < 1.29 is 4.79 Å². The number of anilines is 3. The second-order valence-corrected chi connectivity index (χ2v) is 8.53. The molecule has 1 N–H and O–H groups in total. The Morgan fingerprint density at radius 3 is 2.43 bits per heavy atom. The molecule has 3 heterocycles. The van der Waals surface area contributed by atoms with Crippen molar-refractivity contribution in [1.82, 2.24) is 20.1 Å². The van der Waals surface area contributed by atoms with Crippen LogP contribution in [0.15, 0.2) is 30.5 Å². The molecule has 1 saturated heterocycles. The highest BCUT2D eigenvalue weighted by atomic mass is 16.2. The molecule has 0 atom stereocenters. The van der Waals surface area contributed by atoms with Crippen LogP contribution in [0.25, 0.3) is 0 Å². The molecule has 2 fully saturated rings. The van der Waals surface area contributed by atoms with E-state index in [9.17, 15) is 4.79 Å². The van der Waals surface area contributed by atoms with Crippen molar-refractivity contribution >= 4 is 23.4 Å². The number of aryl methyl sites for hydroxylation is 1. The third-order valence-electron chi connectivity index (χ3n) is 6.27. The number of rotatable bonds is 6. The highest BCUT2D eigenvalue weighted by Crippen LogP contribution is 2.27. The number of carbonyl (C=O) groups is 1. The quantitative estimate of drug-likeness (QED) is 0.781. The SMILES string of the molecule is Cc1ccc(Nc2ccc(N3CCN(C(=O)CCC4CCCCC4)CC3)nn2)nc1. The molecule has 0 bridgehead atoms. The van der Waals surface area contributed by atoms with Gasteiger partial charge in [-0.3, -0.25) is 4.79 Å². The van der Waals surface area contributed by atoms with Crippen LogP contribution >= 0.6 is 0 Å². The minimum atomic E-state index is 0.316. The zero-order chi connectivity index (χ0) is 20.8. The molecule has 0 unspecified atom stereocenters. The predicted octanol–water partition coefficient (Wildman–Crippen LogP) is 3.93. The van der Waals surface area contributed by atoms with Crippen molar-refractivity contribution in [3.05, 3.63) is 36.0 Å². The number of hydrogen-bond donors (Lipinski definition) is 1. The van der Waals surface area contributed by atoms with E-state index in [1.54, 1.807) is 0 Å². The summed E-state index contributed by atoms with van der Waals surface area (Å²) in [5.74, 6) is 3.36. The Kier molecular flexibility index (Phi) is 6.77. The van der Waals surface area contributed by atoms with E-state index in [4.69, 9.17) is 0 Å². The van der Waals surface area contributed by atoms with Crippen LogP contribution in [0.1, 0.15) is 50.5 Å². The molecule has 0 spiro atoms. The summed E-state index contributed by atoms with van der Waals surface area (Å²) in [7, 11) is 0. The molecule has 1 amide bonds. The van der Waals surface area contributed by atoms with Gasteiger partial charge in [-0.05, 0) is 43.0 Å². The number of pyridine rings is 1. The normalized spacial score (nSPS) is 17.8. The molecule has 1 saturated carbocycles. The second-order valence-electron chi connectivity index (χ2n) is 8.53. The fourth-order valence-electron chi connectivity index (χ4n) is 4.38. The molecule has 160 valence electrons. The maximum Gasteiger partial charge on any atom is 0.222 e. The number of aromatic nitrogens is 3. The summed E-state index contributed by atoms with van der Waals surface area (Å²) in [4.78, 5) is 21.1. The van der Waals surface area contributed by atoms with E-state index < -0.39 is 0 Å². The highest BCUT2D eigenvalue weighted by molar-refractivity contribution is 5.76. The van der Waals surface area contributed by atoms with Gasteiger partial charge in [0.2, 0.25) is 5.91 Å². The first-order chi connectivity index (χ1) is 14.7. The summed E-state index contributed by atoms with van der Waals surface area (Å²) < 4.78 is 0. The topological polar surface area (TPSA) is 74.2 Å². The van der Waals surface area contributed by atoms with Crippen molar-refractivity contribution in [2.45, 2.75) is 51.9 Å². The van der Waals surface area contributed by atoms with Crippen molar-refractivity contribution in [2.75, 3.05) is 36.4 Å². The van der Waals surface area contributed by atoms with Gasteiger partial charge in [0.1, 0.15) is 5.82 Å². The standard InChI is InChI=1S/C23H32N6O/c1-18-7-9-20(24-17-18)25-21-10-11-22(27-26-21)28-13-15-29(16-14-28)23(30)12-8-19-5-3-2-4-6-19/h7,9-11,17,19H,2-6,8,12-16H2,1H3,(H,24,25,26). The molecule has 1 aliphatic carbocycles. The van der Waals surface area contributed by atoms with E-state index in [1.165, 1.54) is 32.1 Å². The number of carbonyl (C=O) groups excluding carboxylic acids is 1. The monoisotopic (exact) mass is 408 g/mol. The lowest BCUT2D eigenvalue weighted by Gasteiger charge is -2.35. The van der Waals surface area contributed by atoms with E-state index in [0.29, 0.717) is 18.1 Å². The Morgan fingerprint density at radius 2 is 1.77 bits per heavy atom. The molecule has 2 aromatic rings. The fourth-order valence-corrected chi connectivity index (χ4v) is 4.38. The summed E-state index contributed by atoms with van der Waals surface area (Å²) in [6, 6.07) is 7.83. The Balaban J connectivity index is 1.23. The molecule has 2 aromatic heterocycles. The number of hydrogen-bond acceptors (Lipinski definition) is 6. The molecule has 2 aliphatic rings. The number of piperazine rings is 1. The largest absolute Gasteiger partial charge is 0.352 e. The van der Waals surface area contributed by atoms with Gasteiger partial charge < -0.3 is 15.1 Å². The first kappa shape index (κ1) is 20.6. The Labute approximate surface area is 178 Å². The maximum absolute atomic E-state index is 12.6. The minimum absolute atomic E-state index is 0.316. The Bertz CT molecular complexity index is 809. The molecule has 1 aliphatic heterocycles. The van der Waals surface area contributed by atoms with Crippen LogP contribution in [0.5, 0.6) is 0 Å². The van der Waals surface area contributed by atoms with Gasteiger partial charge in [0.15, 0.2) is 11.6 Å². The third-order valence-corrected chi connectivity index (χ3v) is 6.27. The smallest absolute Gasteiger partial charge is 0.222 e. The summed E-state index contributed by atoms with van der Waals surface area (Å²) in [6.07, 6.45) is 10.3. The van der Waals surface area contributed by atoms with Crippen LogP contribution in [-0.2, 0) is 4.79 Å². The average molecular weight is 409 g/mol. The zero-order valence-corrected chi connectivity index (χ0v) is 17.9. The van der Waals surface area contributed by atoms with Gasteiger partial charge in [-0.2, -0.15) is 0 Å². The zero-order valence-electron chi connectivity index (χ0n) is 17.9.